The average molecular weight is 1330 g/mol. The van der Waals surface area contributed by atoms with Gasteiger partial charge in [-0.1, -0.05) is 340 Å². The number of ether oxygens (including phenoxy) is 2. The number of carbonyl (C=O) groups excluding carboxylic acids is 3. The Kier molecular flexibility index (Phi) is 17.1. The maximum atomic E-state index is 15.7. The molecule has 490 valence electrons. The van der Waals surface area contributed by atoms with E-state index in [0.717, 1.165) is 122 Å². The molecule has 0 aromatic heterocycles. The molecule has 0 unspecified atom stereocenters. The number of hydrogen-bond donors (Lipinski definition) is 0. The zero-order valence-electron chi connectivity index (χ0n) is 56.5. The van der Waals surface area contributed by atoms with Crippen molar-refractivity contribution in [2.75, 3.05) is 0 Å². The van der Waals surface area contributed by atoms with Crippen LogP contribution in [0.5, 0.6) is 23.0 Å². The summed E-state index contributed by atoms with van der Waals surface area (Å²) in [6.45, 7) is 0. The van der Waals surface area contributed by atoms with Crippen LogP contribution < -0.4 is 9.47 Å². The quantitative estimate of drug-likeness (QED) is 0.0856. The summed E-state index contributed by atoms with van der Waals surface area (Å²) in [4.78, 5) is 46.3. The van der Waals surface area contributed by atoms with Gasteiger partial charge in [0.05, 0.1) is 0 Å². The molecule has 0 bridgehead atoms. The molecule has 17 rings (SSSR count). The summed E-state index contributed by atoms with van der Waals surface area (Å²) in [5.41, 5.74) is 23.1. The molecule has 0 saturated carbocycles. The molecular weight excluding hydrogens is 1270 g/mol. The molecule has 0 fully saturated rings. The molecule has 0 heterocycles. The van der Waals surface area contributed by atoms with Crippen LogP contribution in [-0.4, -0.2) is 17.3 Å². The maximum Gasteiger partial charge on any atom is 0.195 e. The zero-order valence-corrected chi connectivity index (χ0v) is 56.5. The smallest absolute Gasteiger partial charge is 0.195 e. The summed E-state index contributed by atoms with van der Waals surface area (Å²) in [5, 5.41) is 0. The minimum Gasteiger partial charge on any atom is -0.457 e. The monoisotopic (exact) mass is 1330 g/mol. The first kappa shape index (κ1) is 63.6. The lowest BCUT2D eigenvalue weighted by molar-refractivity contribution is -0.109. The summed E-state index contributed by atoms with van der Waals surface area (Å²) in [7, 11) is 0. The van der Waals surface area contributed by atoms with Crippen molar-refractivity contribution in [3.05, 3.63) is 455 Å². The van der Waals surface area contributed by atoms with Gasteiger partial charge >= 0.3 is 0 Å². The van der Waals surface area contributed by atoms with E-state index >= 15 is 14.4 Å². The molecular formula is C99H64O5. The molecule has 5 heteroatoms. The molecule has 0 spiro atoms. The van der Waals surface area contributed by atoms with Crippen LogP contribution in [0, 0.1) is 0 Å². The van der Waals surface area contributed by atoms with E-state index in [1.54, 1.807) is 0 Å². The van der Waals surface area contributed by atoms with Crippen LogP contribution in [0.4, 0.5) is 0 Å². The normalized spacial score (nSPS) is 13.8. The minimum absolute atomic E-state index is 0.0392. The second-order valence-electron chi connectivity index (χ2n) is 25.9. The van der Waals surface area contributed by atoms with Gasteiger partial charge in [-0.3, -0.25) is 14.4 Å². The summed E-state index contributed by atoms with van der Waals surface area (Å²) in [6, 6.07) is 129. The fourth-order valence-corrected chi connectivity index (χ4v) is 14.8. The van der Waals surface area contributed by atoms with Gasteiger partial charge in [0.1, 0.15) is 23.0 Å². The summed E-state index contributed by atoms with van der Waals surface area (Å²) >= 11 is 0. The Labute approximate surface area is 604 Å². The van der Waals surface area contributed by atoms with Gasteiger partial charge in [0, 0.05) is 66.9 Å². The summed E-state index contributed by atoms with van der Waals surface area (Å²) in [6.07, 6.45) is 0. The van der Waals surface area contributed by atoms with E-state index in [1.165, 1.54) is 0 Å². The largest absolute Gasteiger partial charge is 0.457 e. The first-order valence-electron chi connectivity index (χ1n) is 34.9. The molecule has 0 N–H and O–H groups in total. The fraction of sp³-hybridized carbons (Fsp3) is 0. The molecule has 0 amide bonds. The number of benzene rings is 14. The Morgan fingerprint density at radius 1 is 0.125 bits per heavy atom. The number of ketones is 3. The maximum absolute atomic E-state index is 15.7. The van der Waals surface area contributed by atoms with Crippen LogP contribution in [0.1, 0.15) is 66.8 Å². The number of hydrogen-bond acceptors (Lipinski definition) is 5. The molecule has 3 aliphatic rings. The van der Waals surface area contributed by atoms with E-state index in [9.17, 15) is 0 Å². The van der Waals surface area contributed by atoms with Gasteiger partial charge < -0.3 is 9.47 Å². The van der Waals surface area contributed by atoms with Gasteiger partial charge in [0.25, 0.3) is 0 Å². The highest BCUT2D eigenvalue weighted by molar-refractivity contribution is 6.61. The minimum atomic E-state index is -0.104. The number of carbonyl (C=O) groups is 3. The van der Waals surface area contributed by atoms with Crippen molar-refractivity contribution in [2.45, 2.75) is 0 Å². The van der Waals surface area contributed by atoms with E-state index in [2.05, 4.69) is 72.8 Å². The van der Waals surface area contributed by atoms with Crippen molar-refractivity contribution in [1.82, 2.24) is 0 Å². The molecule has 14 aromatic rings. The lowest BCUT2D eigenvalue weighted by Gasteiger charge is -2.17. The number of Topliss-reactive ketones (excluding diaryl/α,β-unsaturated/α-hetero) is 3. The van der Waals surface area contributed by atoms with Crippen molar-refractivity contribution >= 4 is 84.2 Å². The molecule has 0 aliphatic heterocycles. The Morgan fingerprint density at radius 3 is 0.519 bits per heavy atom. The second kappa shape index (κ2) is 28.0. The van der Waals surface area contributed by atoms with E-state index in [1.807, 2.05) is 315 Å². The van der Waals surface area contributed by atoms with Crippen molar-refractivity contribution in [1.29, 1.82) is 0 Å². The topological polar surface area (TPSA) is 69.7 Å². The lowest BCUT2D eigenvalue weighted by atomic mass is 9.88. The molecule has 5 nitrogen and oxygen atoms in total. The van der Waals surface area contributed by atoms with Crippen LogP contribution in [-0.2, 0) is 14.4 Å². The third-order valence-electron chi connectivity index (χ3n) is 19.6. The van der Waals surface area contributed by atoms with Crippen LogP contribution in [0.2, 0.25) is 0 Å². The Bertz CT molecular complexity index is 5450. The summed E-state index contributed by atoms with van der Waals surface area (Å²) in [5.74, 6) is 2.12. The van der Waals surface area contributed by atoms with Gasteiger partial charge in [-0.15, -0.1) is 0 Å². The third kappa shape index (κ3) is 12.2. The van der Waals surface area contributed by atoms with Crippen molar-refractivity contribution in [2.24, 2.45) is 0 Å². The van der Waals surface area contributed by atoms with Gasteiger partial charge in [-0.25, -0.2) is 0 Å². The lowest BCUT2D eigenvalue weighted by Crippen LogP contribution is -2.01. The van der Waals surface area contributed by atoms with Gasteiger partial charge in [-0.05, 0) is 138 Å². The SMILES string of the molecule is O=C1C(c2ccccc2)=C(c2ccc(Oc3cccc(C4=C(c5ccccc5)C(=O)C(c5ccccc5)=C4c4cccc(Oc5ccc(C6=C(c7ccccc7)C(=O)C(c7ccccc7)=C6c6ccc(-c7ccccc7)cc6)cc5)c4)c3)cc2)C(c2ccc(-c3ccccc3)cc2)=C1c1ccccc1. The Morgan fingerprint density at radius 2 is 0.288 bits per heavy atom. The molecule has 0 radical (unpaired) electrons. The molecule has 0 saturated heterocycles. The van der Waals surface area contributed by atoms with Gasteiger partial charge in [0.2, 0.25) is 0 Å². The predicted molar refractivity (Wildman–Crippen MR) is 424 cm³/mol. The highest BCUT2D eigenvalue weighted by atomic mass is 16.5. The Hall–Kier alpha value is -13.9. The van der Waals surface area contributed by atoms with Gasteiger partial charge in [-0.2, -0.15) is 0 Å². The predicted octanol–water partition coefficient (Wildman–Crippen LogP) is 23.9. The van der Waals surface area contributed by atoms with Crippen LogP contribution in [0.3, 0.4) is 0 Å². The van der Waals surface area contributed by atoms with Crippen molar-refractivity contribution in [3.63, 3.8) is 0 Å². The van der Waals surface area contributed by atoms with Crippen LogP contribution in [0.25, 0.3) is 89.1 Å². The first-order valence-corrected chi connectivity index (χ1v) is 34.9. The molecule has 104 heavy (non-hydrogen) atoms. The second-order valence-corrected chi connectivity index (χ2v) is 25.9. The zero-order chi connectivity index (χ0) is 69.9. The highest BCUT2D eigenvalue weighted by Crippen LogP contribution is 2.54. The molecule has 0 atom stereocenters. The molecule has 14 aromatic carbocycles. The van der Waals surface area contributed by atoms with Crippen LogP contribution >= 0.6 is 0 Å². The summed E-state index contributed by atoms with van der Waals surface area (Å²) < 4.78 is 13.8. The highest BCUT2D eigenvalue weighted by Gasteiger charge is 2.39. The van der Waals surface area contributed by atoms with E-state index in [-0.39, 0.29) is 17.3 Å². The van der Waals surface area contributed by atoms with Gasteiger partial charge in [0.15, 0.2) is 17.3 Å². The fourth-order valence-electron chi connectivity index (χ4n) is 14.8. The Balaban J connectivity index is 0.724. The molecule has 3 aliphatic carbocycles. The van der Waals surface area contributed by atoms with Crippen LogP contribution in [0.15, 0.2) is 388 Å². The van der Waals surface area contributed by atoms with Crippen molar-refractivity contribution < 1.29 is 23.9 Å². The third-order valence-corrected chi connectivity index (χ3v) is 19.6. The average Bonchev–Trinajstić information content (AvgIpc) is 1.60. The van der Waals surface area contributed by atoms with Crippen molar-refractivity contribution in [3.8, 4) is 45.3 Å². The van der Waals surface area contributed by atoms with E-state index < -0.39 is 0 Å². The van der Waals surface area contributed by atoms with E-state index in [0.29, 0.717) is 56.4 Å². The first-order chi connectivity index (χ1) is 51.4. The number of allylic oxidation sites excluding steroid dienone is 12. The number of rotatable bonds is 18. The standard InChI is InChI=1S/C99H64O5/c100-97-91(69-31-13-3-14-32-69)85(75-51-47-67(48-52-75)65-27-9-1-10-28-65)87(93(97)71-35-17-5-18-36-71)77-55-59-81(60-56-77)103-83-45-25-43-79(63-83)89-90(96(74-41-23-8-24-42-74)99(102)95(89)73-39-21-7-22-40-73)80-44-26-46-84(64-80)104-82-61-57-78(58-62-82)88-86(76-53-49-68(50-54-76)66-29-11-2-12-30-66)92(70-33-15-4-16-34-70)98(101)94(88)72-37-19-6-20-38-72/h1-64H. The van der Waals surface area contributed by atoms with E-state index in [4.69, 9.17) is 9.47 Å².